The van der Waals surface area contributed by atoms with Crippen LogP contribution in [0.25, 0.3) is 0 Å². The first-order chi connectivity index (χ1) is 5.86. The highest BCUT2D eigenvalue weighted by atomic mass is 31.1. The van der Waals surface area contributed by atoms with Gasteiger partial charge in [-0.25, -0.2) is 0 Å². The lowest BCUT2D eigenvalue weighted by Crippen LogP contribution is -2.40. The predicted octanol–water partition coefficient (Wildman–Crippen LogP) is -3.15. The molecule has 0 saturated carbocycles. The Hall–Kier alpha value is -0.0500. The van der Waals surface area contributed by atoms with Gasteiger partial charge in [0.15, 0.2) is 0 Å². The molecule has 0 fully saturated rings. The molecule has 0 spiro atoms. The van der Waals surface area contributed by atoms with Crippen LogP contribution in [0.1, 0.15) is 0 Å². The molecule has 0 heterocycles. The molecule has 0 amide bonds. The lowest BCUT2D eigenvalue weighted by molar-refractivity contribution is 0.111. The molecule has 10 N–H and O–H groups in total. The van der Waals surface area contributed by atoms with Gasteiger partial charge in [0.1, 0.15) is 0 Å². The maximum atomic E-state index is 8.74. The third-order valence-corrected chi connectivity index (χ3v) is 0.621. The van der Waals surface area contributed by atoms with Crippen LogP contribution in [0.5, 0.6) is 0 Å². The van der Waals surface area contributed by atoms with Gasteiger partial charge in [0.2, 0.25) is 0 Å². The van der Waals surface area contributed by atoms with E-state index in [1.165, 1.54) is 0 Å². The van der Waals surface area contributed by atoms with E-state index in [1.807, 2.05) is 0 Å². The molecular formula is C4H17N4O4P. The highest BCUT2D eigenvalue weighted by Crippen LogP contribution is 1.98. The van der Waals surface area contributed by atoms with Crippen LogP contribution >= 0.6 is 8.25 Å². The smallest absolute Gasteiger partial charge is 0.314 e. The minimum atomic E-state index is -3.13. The molecule has 9 heteroatoms. The molecule has 0 aromatic heterocycles. The Balaban J connectivity index is 0. The molecule has 8 nitrogen and oxygen atoms in total. The van der Waals surface area contributed by atoms with Crippen LogP contribution in [-0.4, -0.2) is 35.3 Å². The Morgan fingerprint density at radius 1 is 1.08 bits per heavy atom. The van der Waals surface area contributed by atoms with Crippen LogP contribution in [0.4, 0.5) is 0 Å². The van der Waals surface area contributed by atoms with Gasteiger partial charge in [-0.3, -0.25) is 4.57 Å². The third-order valence-electron chi connectivity index (χ3n) is 0.621. The summed E-state index contributed by atoms with van der Waals surface area (Å²) >= 11 is 0. The second kappa shape index (κ2) is 10.0. The molecule has 0 aromatic rings. The highest BCUT2D eigenvalue weighted by molar-refractivity contribution is 7.30. The molecule has 0 aliphatic heterocycles. The van der Waals surface area contributed by atoms with Gasteiger partial charge in [0.05, 0.1) is 25.5 Å². The van der Waals surface area contributed by atoms with Crippen LogP contribution in [0, 0.1) is 0 Å². The van der Waals surface area contributed by atoms with Crippen molar-refractivity contribution in [1.82, 2.24) is 0 Å². The minimum Gasteiger partial charge on any atom is -0.375 e. The van der Waals surface area contributed by atoms with E-state index in [2.05, 4.69) is 0 Å². The summed E-state index contributed by atoms with van der Waals surface area (Å²) in [5.74, 6) is 0. The van der Waals surface area contributed by atoms with Crippen LogP contribution in [0.2, 0.25) is 0 Å². The Morgan fingerprint density at radius 2 is 1.31 bits per heavy atom. The topological polar surface area (TPSA) is 171 Å². The zero-order valence-electron chi connectivity index (χ0n) is 7.09. The standard InChI is InChI=1S/C4H14N4O.H3O3P/c5-3(6)1-9-2-4(7)8;1-4(2)3/h3-4H,1-2,5-8H2;4H,(H2,1,2,3). The maximum absolute atomic E-state index is 8.74. The van der Waals surface area contributed by atoms with Gasteiger partial charge in [-0.2, -0.15) is 0 Å². The SMILES string of the molecule is NC(N)COCC(N)N.O=[PH](O)O. The number of rotatable bonds is 4. The summed E-state index contributed by atoms with van der Waals surface area (Å²) in [6.07, 6.45) is -0.882. The quantitative estimate of drug-likeness (QED) is 0.211. The molecule has 13 heavy (non-hydrogen) atoms. The Morgan fingerprint density at radius 3 is 1.46 bits per heavy atom. The monoisotopic (exact) mass is 216 g/mol. The Labute approximate surface area is 76.8 Å². The summed E-state index contributed by atoms with van der Waals surface area (Å²) in [6.45, 7) is 0.593. The molecule has 0 aliphatic rings. The van der Waals surface area contributed by atoms with E-state index in [-0.39, 0.29) is 0 Å². The van der Waals surface area contributed by atoms with E-state index in [4.69, 9.17) is 42.0 Å². The van der Waals surface area contributed by atoms with E-state index >= 15 is 0 Å². The van der Waals surface area contributed by atoms with Crippen molar-refractivity contribution < 1.29 is 19.1 Å². The third kappa shape index (κ3) is 33.4. The fourth-order valence-electron chi connectivity index (χ4n) is 0.340. The number of hydrogen-bond donors (Lipinski definition) is 6. The fraction of sp³-hybridized carbons (Fsp3) is 1.00. The van der Waals surface area contributed by atoms with Crippen LogP contribution in [0.15, 0.2) is 0 Å². The largest absolute Gasteiger partial charge is 0.375 e. The molecule has 0 bridgehead atoms. The maximum Gasteiger partial charge on any atom is 0.314 e. The summed E-state index contributed by atoms with van der Waals surface area (Å²) in [4.78, 5) is 14.3. The van der Waals surface area contributed by atoms with Crippen molar-refractivity contribution in [3.8, 4) is 0 Å². The molecule has 0 atom stereocenters. The lowest BCUT2D eigenvalue weighted by Gasteiger charge is -2.08. The molecule has 82 valence electrons. The van der Waals surface area contributed by atoms with E-state index < -0.39 is 20.6 Å². The fourth-order valence-corrected chi connectivity index (χ4v) is 0.340. The normalized spacial score (nSPS) is 10.5. The van der Waals surface area contributed by atoms with Crippen LogP contribution in [-0.2, 0) is 9.30 Å². The van der Waals surface area contributed by atoms with Gasteiger partial charge in [-0.15, -0.1) is 0 Å². The van der Waals surface area contributed by atoms with Crippen LogP contribution in [0.3, 0.4) is 0 Å². The summed E-state index contributed by atoms with van der Waals surface area (Å²) in [6, 6.07) is 0. The summed E-state index contributed by atoms with van der Waals surface area (Å²) < 4.78 is 13.6. The van der Waals surface area contributed by atoms with Crippen molar-refractivity contribution in [1.29, 1.82) is 0 Å². The number of ether oxygens (including phenoxy) is 1. The first kappa shape index (κ1) is 15.4. The molecule has 0 rings (SSSR count). The van der Waals surface area contributed by atoms with Gasteiger partial charge in [-0.05, 0) is 0 Å². The Kier molecular flexibility index (Phi) is 11.9. The van der Waals surface area contributed by atoms with Gasteiger partial charge >= 0.3 is 8.25 Å². The second-order valence-electron chi connectivity index (χ2n) is 2.15. The minimum absolute atomic E-state index is 0.297. The van der Waals surface area contributed by atoms with Crippen LogP contribution < -0.4 is 22.9 Å². The second-order valence-corrected chi connectivity index (χ2v) is 2.71. The average Bonchev–Trinajstić information content (AvgIpc) is 1.83. The average molecular weight is 216 g/mol. The number of nitrogens with two attached hydrogens (primary N) is 4. The van der Waals surface area contributed by atoms with Crippen molar-refractivity contribution in [2.75, 3.05) is 13.2 Å². The molecule has 0 radical (unpaired) electrons. The van der Waals surface area contributed by atoms with Crippen molar-refractivity contribution >= 4 is 8.25 Å². The van der Waals surface area contributed by atoms with Gasteiger partial charge in [0, 0.05) is 0 Å². The zero-order valence-corrected chi connectivity index (χ0v) is 8.09. The van der Waals surface area contributed by atoms with E-state index in [9.17, 15) is 0 Å². The van der Waals surface area contributed by atoms with Crippen molar-refractivity contribution in [3.05, 3.63) is 0 Å². The molecule has 0 unspecified atom stereocenters. The first-order valence-corrected chi connectivity index (χ1v) is 4.68. The van der Waals surface area contributed by atoms with Crippen molar-refractivity contribution in [3.63, 3.8) is 0 Å². The summed E-state index contributed by atoms with van der Waals surface area (Å²) in [5.41, 5.74) is 20.6. The zero-order chi connectivity index (χ0) is 10.9. The number of hydrogen-bond acceptors (Lipinski definition) is 6. The first-order valence-electron chi connectivity index (χ1n) is 3.38. The predicted molar refractivity (Wildman–Crippen MR) is 48.6 cm³/mol. The van der Waals surface area contributed by atoms with Gasteiger partial charge < -0.3 is 37.5 Å². The van der Waals surface area contributed by atoms with Gasteiger partial charge in [-0.1, -0.05) is 0 Å². The molecule has 0 aliphatic carbocycles. The van der Waals surface area contributed by atoms with Crippen molar-refractivity contribution in [2.24, 2.45) is 22.9 Å². The van der Waals surface area contributed by atoms with E-state index in [0.29, 0.717) is 13.2 Å². The van der Waals surface area contributed by atoms with E-state index in [0.717, 1.165) is 0 Å². The lowest BCUT2D eigenvalue weighted by atomic mass is 10.5. The van der Waals surface area contributed by atoms with Gasteiger partial charge in [0.25, 0.3) is 0 Å². The Bertz CT molecular complexity index is 121. The molecule has 0 aromatic carbocycles. The van der Waals surface area contributed by atoms with E-state index in [1.54, 1.807) is 0 Å². The summed E-state index contributed by atoms with van der Waals surface area (Å²) in [5, 5.41) is 0. The highest BCUT2D eigenvalue weighted by Gasteiger charge is 1.95. The molecule has 0 saturated heterocycles. The summed E-state index contributed by atoms with van der Waals surface area (Å²) in [7, 11) is -3.13. The van der Waals surface area contributed by atoms with Crippen molar-refractivity contribution in [2.45, 2.75) is 12.3 Å². The molecular weight excluding hydrogens is 199 g/mol.